The maximum absolute atomic E-state index is 6.05. The number of nitrogens with one attached hydrogen (secondary N) is 1. The van der Waals surface area contributed by atoms with Crippen molar-refractivity contribution in [3.63, 3.8) is 0 Å². The van der Waals surface area contributed by atoms with Gasteiger partial charge in [0, 0.05) is 10.4 Å². The predicted octanol–water partition coefficient (Wildman–Crippen LogP) is 3.93. The maximum Gasteiger partial charge on any atom is 0.137 e. The van der Waals surface area contributed by atoms with Gasteiger partial charge in [0.15, 0.2) is 0 Å². The fraction of sp³-hybridized carbons (Fsp3) is 0.333. The summed E-state index contributed by atoms with van der Waals surface area (Å²) in [6.45, 7) is 4.16. The molecule has 0 aliphatic rings. The van der Waals surface area contributed by atoms with Crippen LogP contribution in [0, 0.1) is 0 Å². The molecule has 1 unspecified atom stereocenters. The van der Waals surface area contributed by atoms with Gasteiger partial charge in [-0.25, -0.2) is 9.97 Å². The van der Waals surface area contributed by atoms with Gasteiger partial charge in [0.1, 0.15) is 17.3 Å². The Hall–Kier alpha value is -1.13. The third-order valence-electron chi connectivity index (χ3n) is 2.57. The Labute approximate surface area is 110 Å². The first-order chi connectivity index (χ1) is 8.22. The van der Waals surface area contributed by atoms with Gasteiger partial charge in [-0.3, -0.25) is 0 Å². The summed E-state index contributed by atoms with van der Waals surface area (Å²) in [5.41, 5.74) is 0.970. The van der Waals surface area contributed by atoms with Crippen molar-refractivity contribution >= 4 is 28.8 Å². The van der Waals surface area contributed by atoms with Crippen molar-refractivity contribution in [3.8, 4) is 0 Å². The minimum atomic E-state index is 0.228. The normalized spacial score (nSPS) is 12.4. The number of hydrogen-bond acceptors (Lipinski definition) is 4. The Morgan fingerprint density at radius 1 is 1.47 bits per heavy atom. The zero-order chi connectivity index (χ0) is 12.3. The van der Waals surface area contributed by atoms with E-state index in [1.165, 1.54) is 11.2 Å². The molecule has 0 bridgehead atoms. The van der Waals surface area contributed by atoms with Crippen molar-refractivity contribution in [2.24, 2.45) is 0 Å². The quantitative estimate of drug-likeness (QED) is 0.853. The summed E-state index contributed by atoms with van der Waals surface area (Å²) in [5.74, 6) is 0.827. The van der Waals surface area contributed by atoms with Gasteiger partial charge in [-0.15, -0.1) is 11.3 Å². The number of aromatic nitrogens is 2. The molecule has 2 aromatic heterocycles. The minimum absolute atomic E-state index is 0.228. The number of thiophene rings is 1. The summed E-state index contributed by atoms with van der Waals surface area (Å²) >= 11 is 7.78. The van der Waals surface area contributed by atoms with E-state index in [2.05, 4.69) is 33.7 Å². The van der Waals surface area contributed by atoms with Crippen LogP contribution in [0.25, 0.3) is 0 Å². The molecule has 2 rings (SSSR count). The molecule has 0 fully saturated rings. The van der Waals surface area contributed by atoms with Crippen molar-refractivity contribution in [3.05, 3.63) is 39.4 Å². The van der Waals surface area contributed by atoms with Crippen LogP contribution in [-0.4, -0.2) is 9.97 Å². The fourth-order valence-electron chi connectivity index (χ4n) is 1.64. The van der Waals surface area contributed by atoms with Crippen LogP contribution in [0.2, 0.25) is 5.15 Å². The van der Waals surface area contributed by atoms with Crippen LogP contribution in [0.15, 0.2) is 23.8 Å². The van der Waals surface area contributed by atoms with Crippen LogP contribution in [-0.2, 0) is 6.42 Å². The third kappa shape index (κ3) is 2.76. The van der Waals surface area contributed by atoms with Crippen LogP contribution in [0.4, 0.5) is 5.82 Å². The number of anilines is 1. The largest absolute Gasteiger partial charge is 0.362 e. The summed E-state index contributed by atoms with van der Waals surface area (Å²) in [6.07, 6.45) is 2.31. The molecule has 5 heteroatoms. The minimum Gasteiger partial charge on any atom is -0.362 e. The highest BCUT2D eigenvalue weighted by molar-refractivity contribution is 7.10. The van der Waals surface area contributed by atoms with Gasteiger partial charge in [-0.2, -0.15) is 0 Å². The van der Waals surface area contributed by atoms with Gasteiger partial charge < -0.3 is 5.32 Å². The van der Waals surface area contributed by atoms with E-state index in [0.717, 1.165) is 17.8 Å². The highest BCUT2D eigenvalue weighted by Gasteiger charge is 2.12. The zero-order valence-electron chi connectivity index (χ0n) is 9.77. The van der Waals surface area contributed by atoms with Crippen molar-refractivity contribution in [1.29, 1.82) is 0 Å². The molecule has 0 amide bonds. The van der Waals surface area contributed by atoms with Gasteiger partial charge in [0.25, 0.3) is 0 Å². The van der Waals surface area contributed by atoms with E-state index in [0.29, 0.717) is 5.15 Å². The monoisotopic (exact) mass is 267 g/mol. The molecule has 0 saturated carbocycles. The van der Waals surface area contributed by atoms with E-state index >= 15 is 0 Å². The summed E-state index contributed by atoms with van der Waals surface area (Å²) in [6, 6.07) is 4.38. The van der Waals surface area contributed by atoms with E-state index in [4.69, 9.17) is 11.6 Å². The highest BCUT2D eigenvalue weighted by atomic mass is 35.5. The molecule has 0 aliphatic carbocycles. The number of halogens is 1. The Balaban J connectivity index is 2.21. The molecule has 17 heavy (non-hydrogen) atoms. The summed E-state index contributed by atoms with van der Waals surface area (Å²) < 4.78 is 0. The summed E-state index contributed by atoms with van der Waals surface area (Å²) in [5, 5.41) is 5.98. The maximum atomic E-state index is 6.05. The Kier molecular flexibility index (Phi) is 3.97. The van der Waals surface area contributed by atoms with Crippen molar-refractivity contribution < 1.29 is 0 Å². The molecule has 1 atom stereocenters. The molecule has 2 aromatic rings. The second kappa shape index (κ2) is 5.47. The van der Waals surface area contributed by atoms with Gasteiger partial charge in [-0.1, -0.05) is 24.6 Å². The lowest BCUT2D eigenvalue weighted by atomic mass is 10.2. The van der Waals surface area contributed by atoms with Crippen LogP contribution >= 0.6 is 22.9 Å². The lowest BCUT2D eigenvalue weighted by Gasteiger charge is -2.15. The van der Waals surface area contributed by atoms with E-state index in [1.54, 1.807) is 11.3 Å². The second-order valence-corrected chi connectivity index (χ2v) is 5.06. The molecular weight excluding hydrogens is 254 g/mol. The predicted molar refractivity (Wildman–Crippen MR) is 72.8 cm³/mol. The Bertz CT molecular complexity index is 485. The topological polar surface area (TPSA) is 37.8 Å². The summed E-state index contributed by atoms with van der Waals surface area (Å²) in [4.78, 5) is 9.54. The number of hydrogen-bond donors (Lipinski definition) is 1. The molecule has 0 aliphatic heterocycles. The molecule has 0 radical (unpaired) electrons. The summed E-state index contributed by atoms with van der Waals surface area (Å²) in [7, 11) is 0. The first-order valence-electron chi connectivity index (χ1n) is 5.51. The van der Waals surface area contributed by atoms with E-state index in [9.17, 15) is 0 Å². The number of rotatable bonds is 4. The van der Waals surface area contributed by atoms with Crippen LogP contribution in [0.3, 0.4) is 0 Å². The average molecular weight is 268 g/mol. The Morgan fingerprint density at radius 2 is 2.29 bits per heavy atom. The standard InChI is InChI=1S/C12H14ClN3S/c1-3-9-11(13)14-7-15-12(9)16-8(2)10-5-4-6-17-10/h4-8H,3H2,1-2H3,(H,14,15,16). The zero-order valence-corrected chi connectivity index (χ0v) is 11.3. The fourth-order valence-corrected chi connectivity index (χ4v) is 2.64. The van der Waals surface area contributed by atoms with Gasteiger partial charge in [0.05, 0.1) is 6.04 Å². The molecule has 0 spiro atoms. The first-order valence-corrected chi connectivity index (χ1v) is 6.77. The van der Waals surface area contributed by atoms with Crippen LogP contribution in [0.1, 0.15) is 30.3 Å². The van der Waals surface area contributed by atoms with Gasteiger partial charge in [0.2, 0.25) is 0 Å². The Morgan fingerprint density at radius 3 is 2.94 bits per heavy atom. The van der Waals surface area contributed by atoms with Gasteiger partial charge >= 0.3 is 0 Å². The average Bonchev–Trinajstić information content (AvgIpc) is 2.82. The molecule has 90 valence electrons. The van der Waals surface area contributed by atoms with E-state index in [1.807, 2.05) is 13.0 Å². The lowest BCUT2D eigenvalue weighted by molar-refractivity contribution is 0.881. The van der Waals surface area contributed by atoms with Crippen molar-refractivity contribution in [2.45, 2.75) is 26.3 Å². The van der Waals surface area contributed by atoms with Crippen LogP contribution < -0.4 is 5.32 Å². The van der Waals surface area contributed by atoms with Gasteiger partial charge in [-0.05, 0) is 24.8 Å². The molecule has 0 aromatic carbocycles. The lowest BCUT2D eigenvalue weighted by Crippen LogP contribution is -2.09. The smallest absolute Gasteiger partial charge is 0.137 e. The van der Waals surface area contributed by atoms with Crippen molar-refractivity contribution in [1.82, 2.24) is 9.97 Å². The first kappa shape index (κ1) is 12.3. The third-order valence-corrected chi connectivity index (χ3v) is 3.95. The molecule has 2 heterocycles. The second-order valence-electron chi connectivity index (χ2n) is 3.73. The number of nitrogens with zero attached hydrogens (tertiary/aromatic N) is 2. The highest BCUT2D eigenvalue weighted by Crippen LogP contribution is 2.26. The van der Waals surface area contributed by atoms with E-state index in [-0.39, 0.29) is 6.04 Å². The molecular formula is C12H14ClN3S. The molecule has 3 nitrogen and oxygen atoms in total. The molecule has 1 N–H and O–H groups in total. The van der Waals surface area contributed by atoms with Crippen molar-refractivity contribution in [2.75, 3.05) is 5.32 Å². The van der Waals surface area contributed by atoms with E-state index < -0.39 is 0 Å². The SMILES string of the molecule is CCc1c(Cl)ncnc1NC(C)c1cccs1. The molecule has 0 saturated heterocycles. The van der Waals surface area contributed by atoms with Crippen LogP contribution in [0.5, 0.6) is 0 Å².